The second-order valence-electron chi connectivity index (χ2n) is 7.90. The van der Waals surface area contributed by atoms with Crippen LogP contribution in [-0.2, 0) is 16.0 Å². The highest BCUT2D eigenvalue weighted by Gasteiger charge is 2.30. The number of ether oxygens (including phenoxy) is 2. The SMILES string of the molecule is O=C1CN(C(=O)NC(Cc2ccccc2)C(=O)Nc2ccc3c(c2)OCO3)c2ccccc2N1. The van der Waals surface area contributed by atoms with Gasteiger partial charge in [-0.3, -0.25) is 14.5 Å². The summed E-state index contributed by atoms with van der Waals surface area (Å²) in [6.45, 7) is -0.0189. The molecule has 0 aliphatic carbocycles. The fourth-order valence-corrected chi connectivity index (χ4v) is 3.90. The van der Waals surface area contributed by atoms with Crippen LogP contribution in [0.4, 0.5) is 21.9 Å². The summed E-state index contributed by atoms with van der Waals surface area (Å²) in [5, 5.41) is 8.40. The van der Waals surface area contributed by atoms with Gasteiger partial charge < -0.3 is 25.4 Å². The van der Waals surface area contributed by atoms with Gasteiger partial charge in [0, 0.05) is 18.2 Å². The van der Waals surface area contributed by atoms with Crippen molar-refractivity contribution >= 4 is 34.9 Å². The highest BCUT2D eigenvalue weighted by molar-refractivity contribution is 6.10. The normalized spacial score (nSPS) is 14.6. The van der Waals surface area contributed by atoms with Crippen LogP contribution >= 0.6 is 0 Å². The number of urea groups is 1. The van der Waals surface area contributed by atoms with Crippen molar-refractivity contribution in [3.05, 3.63) is 78.4 Å². The quantitative estimate of drug-likeness (QED) is 0.544. The first-order valence-corrected chi connectivity index (χ1v) is 10.8. The Balaban J connectivity index is 1.37. The summed E-state index contributed by atoms with van der Waals surface area (Å²) in [7, 11) is 0. The highest BCUT2D eigenvalue weighted by Crippen LogP contribution is 2.34. The molecule has 9 heteroatoms. The zero-order valence-corrected chi connectivity index (χ0v) is 18.1. The third kappa shape index (κ3) is 4.49. The molecule has 34 heavy (non-hydrogen) atoms. The molecule has 0 saturated carbocycles. The maximum Gasteiger partial charge on any atom is 0.323 e. The van der Waals surface area contributed by atoms with E-state index >= 15 is 0 Å². The highest BCUT2D eigenvalue weighted by atomic mass is 16.7. The number of carbonyl (C=O) groups is 3. The van der Waals surface area contributed by atoms with E-state index in [2.05, 4.69) is 16.0 Å². The molecule has 1 unspecified atom stereocenters. The summed E-state index contributed by atoms with van der Waals surface area (Å²) in [6, 6.07) is 20.1. The van der Waals surface area contributed by atoms with Gasteiger partial charge in [-0.2, -0.15) is 0 Å². The summed E-state index contributed by atoms with van der Waals surface area (Å²) in [6.07, 6.45) is 0.269. The second kappa shape index (κ2) is 9.14. The van der Waals surface area contributed by atoms with Crippen molar-refractivity contribution in [2.24, 2.45) is 0 Å². The molecule has 1 atom stereocenters. The van der Waals surface area contributed by atoms with Crippen LogP contribution in [-0.4, -0.2) is 37.2 Å². The topological polar surface area (TPSA) is 109 Å². The van der Waals surface area contributed by atoms with E-state index in [9.17, 15) is 14.4 Å². The Morgan fingerprint density at radius 3 is 2.59 bits per heavy atom. The Hall–Kier alpha value is -4.53. The van der Waals surface area contributed by atoms with E-state index in [-0.39, 0.29) is 25.7 Å². The predicted molar refractivity (Wildman–Crippen MR) is 126 cm³/mol. The lowest BCUT2D eigenvalue weighted by Crippen LogP contribution is -2.53. The van der Waals surface area contributed by atoms with Gasteiger partial charge in [-0.05, 0) is 29.8 Å². The zero-order chi connectivity index (χ0) is 23.5. The standard InChI is InChI=1S/C25H22N4O5/c30-23-14-29(20-9-5-4-8-18(20)27-23)25(32)28-19(12-16-6-2-1-3-7-16)24(31)26-17-10-11-21-22(13-17)34-15-33-21/h1-11,13,19H,12,14-15H2,(H,26,31)(H,27,30)(H,28,32). The minimum Gasteiger partial charge on any atom is -0.454 e. The second-order valence-corrected chi connectivity index (χ2v) is 7.90. The Labute approximate surface area is 195 Å². The van der Waals surface area contributed by atoms with E-state index < -0.39 is 18.0 Å². The summed E-state index contributed by atoms with van der Waals surface area (Å²) >= 11 is 0. The van der Waals surface area contributed by atoms with E-state index in [4.69, 9.17) is 9.47 Å². The van der Waals surface area contributed by atoms with Crippen molar-refractivity contribution in [1.29, 1.82) is 0 Å². The molecular formula is C25H22N4O5. The molecule has 2 aliphatic rings. The van der Waals surface area contributed by atoms with Crippen LogP contribution in [0.3, 0.4) is 0 Å². The number of fused-ring (bicyclic) bond motifs is 2. The molecule has 172 valence electrons. The number of rotatable bonds is 5. The lowest BCUT2D eigenvalue weighted by atomic mass is 10.1. The fraction of sp³-hybridized carbons (Fsp3) is 0.160. The molecule has 5 rings (SSSR count). The summed E-state index contributed by atoms with van der Waals surface area (Å²) in [5.74, 6) is 0.440. The summed E-state index contributed by atoms with van der Waals surface area (Å²) in [5.41, 5.74) is 2.50. The molecule has 0 aromatic heterocycles. The van der Waals surface area contributed by atoms with Gasteiger partial charge >= 0.3 is 6.03 Å². The molecule has 9 nitrogen and oxygen atoms in total. The molecule has 0 fully saturated rings. The fourth-order valence-electron chi connectivity index (χ4n) is 3.90. The van der Waals surface area contributed by atoms with Gasteiger partial charge in [0.05, 0.1) is 11.4 Å². The van der Waals surface area contributed by atoms with Gasteiger partial charge in [0.2, 0.25) is 18.6 Å². The van der Waals surface area contributed by atoms with E-state index in [1.807, 2.05) is 30.3 Å². The maximum absolute atomic E-state index is 13.2. The third-order valence-electron chi connectivity index (χ3n) is 5.55. The van der Waals surface area contributed by atoms with Crippen molar-refractivity contribution in [2.45, 2.75) is 12.5 Å². The lowest BCUT2D eigenvalue weighted by Gasteiger charge is -2.30. The van der Waals surface area contributed by atoms with E-state index in [0.29, 0.717) is 28.6 Å². The molecule has 3 N–H and O–H groups in total. The van der Waals surface area contributed by atoms with Crippen LogP contribution in [0, 0.1) is 0 Å². The predicted octanol–water partition coefficient (Wildman–Crippen LogP) is 3.13. The number of amides is 4. The number of nitrogens with one attached hydrogen (secondary N) is 3. The molecular weight excluding hydrogens is 436 g/mol. The van der Waals surface area contributed by atoms with Gasteiger partial charge in [-0.25, -0.2) is 4.79 Å². The average molecular weight is 458 g/mol. The minimum absolute atomic E-state index is 0.129. The van der Waals surface area contributed by atoms with Crippen molar-refractivity contribution in [3.63, 3.8) is 0 Å². The van der Waals surface area contributed by atoms with Crippen molar-refractivity contribution in [3.8, 4) is 11.5 Å². The van der Waals surface area contributed by atoms with E-state index in [1.54, 1.807) is 42.5 Å². The molecule has 2 aliphatic heterocycles. The summed E-state index contributed by atoms with van der Waals surface area (Å²) in [4.78, 5) is 40.0. The van der Waals surface area contributed by atoms with Crippen LogP contribution in [0.1, 0.15) is 5.56 Å². The third-order valence-corrected chi connectivity index (χ3v) is 5.55. The number of benzene rings is 3. The van der Waals surface area contributed by atoms with E-state index in [1.165, 1.54) is 4.90 Å². The van der Waals surface area contributed by atoms with Crippen LogP contribution < -0.4 is 30.3 Å². The molecule has 0 spiro atoms. The Morgan fingerprint density at radius 1 is 0.971 bits per heavy atom. The first-order chi connectivity index (χ1) is 16.6. The monoisotopic (exact) mass is 458 g/mol. The molecule has 0 saturated heterocycles. The van der Waals surface area contributed by atoms with Crippen LogP contribution in [0.5, 0.6) is 11.5 Å². The maximum atomic E-state index is 13.2. The molecule has 3 aromatic rings. The largest absolute Gasteiger partial charge is 0.454 e. The van der Waals surface area contributed by atoms with Crippen molar-refractivity contribution in [2.75, 3.05) is 28.9 Å². The first-order valence-electron chi connectivity index (χ1n) is 10.8. The van der Waals surface area contributed by atoms with Crippen molar-refractivity contribution in [1.82, 2.24) is 5.32 Å². The number of anilines is 3. The zero-order valence-electron chi connectivity index (χ0n) is 18.1. The molecule has 4 amide bonds. The average Bonchev–Trinajstić information content (AvgIpc) is 3.31. The number of para-hydroxylation sites is 2. The Morgan fingerprint density at radius 2 is 1.74 bits per heavy atom. The molecule has 0 bridgehead atoms. The van der Waals surface area contributed by atoms with Crippen LogP contribution in [0.25, 0.3) is 0 Å². The smallest absolute Gasteiger partial charge is 0.323 e. The van der Waals surface area contributed by atoms with Gasteiger partial charge in [0.15, 0.2) is 11.5 Å². The van der Waals surface area contributed by atoms with Crippen LogP contribution in [0.2, 0.25) is 0 Å². The van der Waals surface area contributed by atoms with Gasteiger partial charge in [-0.1, -0.05) is 42.5 Å². The van der Waals surface area contributed by atoms with Crippen LogP contribution in [0.15, 0.2) is 72.8 Å². The lowest BCUT2D eigenvalue weighted by molar-refractivity contribution is -0.118. The Bertz CT molecular complexity index is 1250. The minimum atomic E-state index is -0.891. The number of nitrogens with zero attached hydrogens (tertiary/aromatic N) is 1. The molecule has 0 radical (unpaired) electrons. The summed E-state index contributed by atoms with van der Waals surface area (Å²) < 4.78 is 10.7. The van der Waals surface area contributed by atoms with Gasteiger partial charge in [-0.15, -0.1) is 0 Å². The van der Waals surface area contributed by atoms with E-state index in [0.717, 1.165) is 5.56 Å². The van der Waals surface area contributed by atoms with Gasteiger partial charge in [0.1, 0.15) is 12.6 Å². The number of hydrogen-bond acceptors (Lipinski definition) is 5. The number of carbonyl (C=O) groups excluding carboxylic acids is 3. The van der Waals surface area contributed by atoms with Gasteiger partial charge in [0.25, 0.3) is 0 Å². The Kier molecular flexibility index (Phi) is 5.73. The first kappa shape index (κ1) is 21.3. The van der Waals surface area contributed by atoms with Crippen molar-refractivity contribution < 1.29 is 23.9 Å². The molecule has 3 aromatic carbocycles. The number of hydrogen-bond donors (Lipinski definition) is 3. The molecule has 2 heterocycles.